The molecule has 0 amide bonds. The minimum Gasteiger partial charge on any atom is -0.508 e. The summed E-state index contributed by atoms with van der Waals surface area (Å²) in [4.78, 5) is 24.8. The van der Waals surface area contributed by atoms with E-state index in [1.807, 2.05) is 4.98 Å². The van der Waals surface area contributed by atoms with Crippen molar-refractivity contribution in [2.45, 2.75) is 0 Å². The largest absolute Gasteiger partial charge is 0.508 e. The molecule has 1 aromatic heterocycles. The number of aromatic amines is 1. The summed E-state index contributed by atoms with van der Waals surface area (Å²) in [5, 5.41) is 22.2. The smallest absolute Gasteiger partial charge is 0.349 e. The third kappa shape index (κ3) is 3.23. The van der Waals surface area contributed by atoms with E-state index in [4.69, 9.17) is 10.00 Å². The molecule has 0 saturated carbocycles. The molecule has 0 saturated heterocycles. The van der Waals surface area contributed by atoms with Crippen molar-refractivity contribution in [1.29, 1.82) is 5.26 Å². The summed E-state index contributed by atoms with van der Waals surface area (Å²) in [6.07, 6.45) is 0.814. The number of H-pyrrole nitrogens is 1. The van der Waals surface area contributed by atoms with Crippen LogP contribution in [0.5, 0.6) is 17.2 Å². The fraction of sp³-hybridized carbons (Fsp3) is 0. The molecule has 0 aliphatic rings. The number of nitriles is 1. The first-order chi connectivity index (χ1) is 12.0. The lowest BCUT2D eigenvalue weighted by atomic mass is 10.2. The molecule has 124 valence electrons. The Balaban J connectivity index is 2.14. The number of phenols is 1. The number of halogens is 1. The number of phenolic OH excluding ortho intramolecular Hbond substituents is 1. The van der Waals surface area contributed by atoms with Gasteiger partial charge in [-0.2, -0.15) is 15.0 Å². The van der Waals surface area contributed by atoms with E-state index in [0.29, 0.717) is 4.68 Å². The van der Waals surface area contributed by atoms with Gasteiger partial charge in [0.15, 0.2) is 5.82 Å². The van der Waals surface area contributed by atoms with Crippen molar-refractivity contribution in [2.24, 2.45) is 0 Å². The molecule has 2 N–H and O–H groups in total. The van der Waals surface area contributed by atoms with Crippen molar-refractivity contribution >= 4 is 0 Å². The van der Waals surface area contributed by atoms with Crippen LogP contribution >= 0.6 is 0 Å². The van der Waals surface area contributed by atoms with Crippen LogP contribution < -0.4 is 16.0 Å². The minimum absolute atomic E-state index is 0.0515. The van der Waals surface area contributed by atoms with Gasteiger partial charge in [0, 0.05) is 12.1 Å². The highest BCUT2D eigenvalue weighted by atomic mass is 19.1. The molecular formula is C16H9FN4O4. The zero-order chi connectivity index (χ0) is 18.0. The Bertz CT molecular complexity index is 1110. The molecule has 0 spiro atoms. The number of nitrogens with zero attached hydrogens (tertiary/aromatic N) is 3. The summed E-state index contributed by atoms with van der Waals surface area (Å²) in [5.74, 6) is -0.807. The minimum atomic E-state index is -0.945. The van der Waals surface area contributed by atoms with Crippen LogP contribution in [0.2, 0.25) is 0 Å². The van der Waals surface area contributed by atoms with E-state index in [9.17, 15) is 19.1 Å². The molecule has 3 rings (SSSR count). The van der Waals surface area contributed by atoms with Crippen molar-refractivity contribution in [2.75, 3.05) is 0 Å². The number of ether oxygens (including phenoxy) is 1. The van der Waals surface area contributed by atoms with Crippen LogP contribution in [0, 0.1) is 17.1 Å². The first kappa shape index (κ1) is 15.9. The summed E-state index contributed by atoms with van der Waals surface area (Å²) in [5.41, 5.74) is -2.11. The highest BCUT2D eigenvalue weighted by molar-refractivity contribution is 5.52. The van der Waals surface area contributed by atoms with Crippen LogP contribution in [0.1, 0.15) is 5.56 Å². The van der Waals surface area contributed by atoms with Gasteiger partial charge in [-0.05, 0) is 18.2 Å². The zero-order valence-electron chi connectivity index (χ0n) is 12.4. The van der Waals surface area contributed by atoms with Gasteiger partial charge in [-0.15, -0.1) is 0 Å². The monoisotopic (exact) mass is 340 g/mol. The fourth-order valence-electron chi connectivity index (χ4n) is 2.08. The average Bonchev–Trinajstić information content (AvgIpc) is 2.56. The SMILES string of the molecule is N#Cc1cc(F)c(-n2ncc(=O)[nH]c2=O)cc1Oc1cccc(O)c1. The summed E-state index contributed by atoms with van der Waals surface area (Å²) in [6.45, 7) is 0. The fourth-order valence-corrected chi connectivity index (χ4v) is 2.08. The number of hydrogen-bond acceptors (Lipinski definition) is 6. The second-order valence-corrected chi connectivity index (χ2v) is 4.86. The molecule has 25 heavy (non-hydrogen) atoms. The third-order valence-corrected chi connectivity index (χ3v) is 3.16. The Morgan fingerprint density at radius 2 is 2.08 bits per heavy atom. The number of benzene rings is 2. The van der Waals surface area contributed by atoms with E-state index in [0.717, 1.165) is 18.3 Å². The molecule has 8 nitrogen and oxygen atoms in total. The molecule has 0 bridgehead atoms. The predicted molar refractivity (Wildman–Crippen MR) is 83.3 cm³/mol. The standard InChI is InChI=1S/C16H9FN4O4/c17-12-4-9(7-18)14(25-11-3-1-2-10(22)5-11)6-13(12)21-16(24)20-15(23)8-19-21/h1-6,8,22H,(H,20,23,24). The predicted octanol–water partition coefficient (Wildman–Crippen LogP) is 1.43. The topological polar surface area (TPSA) is 121 Å². The van der Waals surface area contributed by atoms with Crippen LogP contribution in [0.4, 0.5) is 4.39 Å². The lowest BCUT2D eigenvalue weighted by molar-refractivity contribution is 0.453. The Morgan fingerprint density at radius 1 is 1.28 bits per heavy atom. The first-order valence-corrected chi connectivity index (χ1v) is 6.87. The Labute approximate surface area is 139 Å². The number of hydrogen-bond donors (Lipinski definition) is 2. The van der Waals surface area contributed by atoms with Gasteiger partial charge in [-0.25, -0.2) is 9.18 Å². The lowest BCUT2D eigenvalue weighted by Gasteiger charge is -2.11. The van der Waals surface area contributed by atoms with Crippen LogP contribution in [0.15, 0.2) is 52.2 Å². The van der Waals surface area contributed by atoms with Crippen LogP contribution in [0.3, 0.4) is 0 Å². The van der Waals surface area contributed by atoms with Gasteiger partial charge in [-0.3, -0.25) is 9.78 Å². The van der Waals surface area contributed by atoms with E-state index in [2.05, 4.69) is 5.10 Å². The van der Waals surface area contributed by atoms with Gasteiger partial charge in [0.2, 0.25) is 0 Å². The van der Waals surface area contributed by atoms with Gasteiger partial charge in [-0.1, -0.05) is 6.07 Å². The highest BCUT2D eigenvalue weighted by Gasteiger charge is 2.15. The maximum absolute atomic E-state index is 14.2. The summed E-state index contributed by atoms with van der Waals surface area (Å²) < 4.78 is 20.4. The summed E-state index contributed by atoms with van der Waals surface area (Å²) in [7, 11) is 0. The molecule has 2 aromatic carbocycles. The molecule has 0 aliphatic carbocycles. The van der Waals surface area contributed by atoms with Crippen LogP contribution in [-0.2, 0) is 0 Å². The van der Waals surface area contributed by atoms with Crippen molar-refractivity contribution < 1.29 is 14.2 Å². The van der Waals surface area contributed by atoms with Gasteiger partial charge < -0.3 is 9.84 Å². The number of rotatable bonds is 3. The molecule has 0 radical (unpaired) electrons. The molecule has 0 atom stereocenters. The van der Waals surface area contributed by atoms with Crippen molar-refractivity contribution in [3.8, 4) is 29.0 Å². The molecule has 0 aliphatic heterocycles. The maximum atomic E-state index is 14.2. The van der Waals surface area contributed by atoms with E-state index in [1.54, 1.807) is 6.07 Å². The van der Waals surface area contributed by atoms with Crippen LogP contribution in [-0.4, -0.2) is 19.9 Å². The number of nitrogens with one attached hydrogen (secondary N) is 1. The average molecular weight is 340 g/mol. The molecule has 0 fully saturated rings. The third-order valence-electron chi connectivity index (χ3n) is 3.16. The van der Waals surface area contributed by atoms with Gasteiger partial charge in [0.1, 0.15) is 35.2 Å². The quantitative estimate of drug-likeness (QED) is 0.744. The molecular weight excluding hydrogens is 331 g/mol. The van der Waals surface area contributed by atoms with Crippen molar-refractivity contribution in [3.05, 3.63) is 74.8 Å². The zero-order valence-corrected chi connectivity index (χ0v) is 12.4. The van der Waals surface area contributed by atoms with Gasteiger partial charge in [0.05, 0.1) is 5.56 Å². The Morgan fingerprint density at radius 3 is 2.76 bits per heavy atom. The Kier molecular flexibility index (Phi) is 4.01. The number of aromatic hydroxyl groups is 1. The second-order valence-electron chi connectivity index (χ2n) is 4.86. The second kappa shape index (κ2) is 6.29. The first-order valence-electron chi connectivity index (χ1n) is 6.87. The molecule has 3 aromatic rings. The normalized spacial score (nSPS) is 10.2. The lowest BCUT2D eigenvalue weighted by Crippen LogP contribution is -2.30. The van der Waals surface area contributed by atoms with E-state index in [-0.39, 0.29) is 28.5 Å². The van der Waals surface area contributed by atoms with E-state index in [1.165, 1.54) is 24.3 Å². The number of aromatic nitrogens is 3. The molecule has 0 unspecified atom stereocenters. The molecule has 9 heteroatoms. The van der Waals surface area contributed by atoms with Crippen molar-refractivity contribution in [1.82, 2.24) is 14.8 Å². The molecule has 1 heterocycles. The summed E-state index contributed by atoms with van der Waals surface area (Å²) in [6, 6.07) is 9.54. The van der Waals surface area contributed by atoms with Crippen LogP contribution in [0.25, 0.3) is 5.69 Å². The van der Waals surface area contributed by atoms with Gasteiger partial charge in [0.25, 0.3) is 5.56 Å². The summed E-state index contributed by atoms with van der Waals surface area (Å²) >= 11 is 0. The van der Waals surface area contributed by atoms with E-state index >= 15 is 0 Å². The van der Waals surface area contributed by atoms with Crippen molar-refractivity contribution in [3.63, 3.8) is 0 Å². The highest BCUT2D eigenvalue weighted by Crippen LogP contribution is 2.30. The Hall–Kier alpha value is -3.93. The van der Waals surface area contributed by atoms with Gasteiger partial charge >= 0.3 is 5.69 Å². The van der Waals surface area contributed by atoms with E-state index < -0.39 is 17.1 Å². The maximum Gasteiger partial charge on any atom is 0.349 e.